The molecular formula is C18H18N4O4S2. The molecule has 0 aliphatic carbocycles. The molecule has 2 heterocycles. The molecule has 2 N–H and O–H groups in total. The molecule has 4 rings (SSSR count). The number of carbonyl (C=O) groups excluding carboxylic acids is 2. The Bertz CT molecular complexity index is 1040. The average molecular weight is 419 g/mol. The molecule has 146 valence electrons. The standard InChI is InChI=1S/C18H18N4O4S2/c23-17-11-21(27-19-17)9-13-5-1-3-7-15(13)16-8-4-2-6-14(16)10-22-12-18(24)20-28(22,25)26/h1-8H,9-12H2,(H,19,23)(H,20,24). The van der Waals surface area contributed by atoms with Gasteiger partial charge in [0.2, 0.25) is 11.8 Å². The van der Waals surface area contributed by atoms with Crippen LogP contribution < -0.4 is 9.44 Å². The minimum Gasteiger partial charge on any atom is -0.286 e. The topological polar surface area (TPSA) is 98.8 Å². The lowest BCUT2D eigenvalue weighted by Crippen LogP contribution is -2.29. The first-order valence-corrected chi connectivity index (χ1v) is 10.8. The van der Waals surface area contributed by atoms with Crippen molar-refractivity contribution >= 4 is 34.2 Å². The molecule has 2 aromatic rings. The van der Waals surface area contributed by atoms with Crippen molar-refractivity contribution in [3.8, 4) is 11.1 Å². The van der Waals surface area contributed by atoms with Crippen LogP contribution >= 0.6 is 12.1 Å². The van der Waals surface area contributed by atoms with E-state index in [4.69, 9.17) is 0 Å². The maximum atomic E-state index is 12.1. The molecule has 2 saturated heterocycles. The molecule has 2 amide bonds. The van der Waals surface area contributed by atoms with Crippen LogP contribution in [0.4, 0.5) is 0 Å². The van der Waals surface area contributed by atoms with E-state index in [2.05, 4.69) is 4.72 Å². The number of nitrogens with one attached hydrogen (secondary N) is 2. The van der Waals surface area contributed by atoms with Crippen molar-refractivity contribution in [3.05, 3.63) is 59.7 Å². The van der Waals surface area contributed by atoms with Gasteiger partial charge in [-0.3, -0.25) is 14.3 Å². The van der Waals surface area contributed by atoms with E-state index in [1.54, 1.807) is 0 Å². The summed E-state index contributed by atoms with van der Waals surface area (Å²) in [5.74, 6) is -0.555. The fraction of sp³-hybridized carbons (Fsp3) is 0.222. The van der Waals surface area contributed by atoms with Gasteiger partial charge in [0, 0.05) is 25.2 Å². The zero-order valence-electron chi connectivity index (χ0n) is 14.8. The molecule has 0 radical (unpaired) electrons. The van der Waals surface area contributed by atoms with Gasteiger partial charge in [0.25, 0.3) is 0 Å². The van der Waals surface area contributed by atoms with Gasteiger partial charge in [0.1, 0.15) is 0 Å². The Morgan fingerprint density at radius 2 is 1.46 bits per heavy atom. The molecule has 0 spiro atoms. The van der Waals surface area contributed by atoms with E-state index in [1.165, 1.54) is 12.1 Å². The molecule has 0 aromatic heterocycles. The Kier molecular flexibility index (Phi) is 5.11. The number of benzene rings is 2. The lowest BCUT2D eigenvalue weighted by molar-refractivity contribution is -0.119. The van der Waals surface area contributed by atoms with Gasteiger partial charge in [0.15, 0.2) is 0 Å². The Balaban J connectivity index is 1.66. The molecule has 2 aliphatic rings. The number of rotatable bonds is 5. The molecule has 0 atom stereocenters. The van der Waals surface area contributed by atoms with Crippen molar-refractivity contribution in [1.82, 2.24) is 18.1 Å². The number of hydrogen-bond acceptors (Lipinski definition) is 6. The van der Waals surface area contributed by atoms with Crippen LogP contribution in [0.5, 0.6) is 0 Å². The van der Waals surface area contributed by atoms with Crippen molar-refractivity contribution in [2.45, 2.75) is 13.1 Å². The Hall–Kier alpha value is -2.40. The van der Waals surface area contributed by atoms with Crippen molar-refractivity contribution in [2.24, 2.45) is 0 Å². The lowest BCUT2D eigenvalue weighted by Gasteiger charge is -2.19. The smallest absolute Gasteiger partial charge is 0.286 e. The largest absolute Gasteiger partial charge is 0.304 e. The van der Waals surface area contributed by atoms with Crippen molar-refractivity contribution < 1.29 is 18.0 Å². The van der Waals surface area contributed by atoms with Crippen LogP contribution in [0.25, 0.3) is 11.1 Å². The number of amides is 2. The summed E-state index contributed by atoms with van der Waals surface area (Å²) in [6, 6.07) is 15.4. The quantitative estimate of drug-likeness (QED) is 0.704. The fourth-order valence-electron chi connectivity index (χ4n) is 3.28. The predicted molar refractivity (Wildman–Crippen MR) is 105 cm³/mol. The third-order valence-electron chi connectivity index (χ3n) is 4.53. The van der Waals surface area contributed by atoms with Crippen molar-refractivity contribution in [3.63, 3.8) is 0 Å². The maximum Gasteiger partial charge on any atom is 0.304 e. The molecule has 10 heteroatoms. The van der Waals surface area contributed by atoms with Gasteiger partial charge in [0.05, 0.1) is 13.1 Å². The second-order valence-electron chi connectivity index (χ2n) is 6.53. The highest BCUT2D eigenvalue weighted by molar-refractivity contribution is 7.96. The van der Waals surface area contributed by atoms with Crippen LogP contribution in [0.1, 0.15) is 11.1 Å². The van der Waals surface area contributed by atoms with E-state index in [0.717, 1.165) is 26.6 Å². The molecule has 0 saturated carbocycles. The molecule has 0 bridgehead atoms. The number of nitrogens with zero attached hydrogens (tertiary/aromatic N) is 2. The monoisotopic (exact) mass is 418 g/mol. The van der Waals surface area contributed by atoms with E-state index in [0.29, 0.717) is 13.1 Å². The van der Waals surface area contributed by atoms with E-state index in [1.807, 2.05) is 57.6 Å². The molecule has 0 unspecified atom stereocenters. The molecule has 8 nitrogen and oxygen atoms in total. The lowest BCUT2D eigenvalue weighted by atomic mass is 9.95. The third kappa shape index (κ3) is 3.90. The Morgan fingerprint density at radius 1 is 0.857 bits per heavy atom. The first kappa shape index (κ1) is 18.9. The summed E-state index contributed by atoms with van der Waals surface area (Å²) in [6.45, 7) is 0.803. The molecular weight excluding hydrogens is 400 g/mol. The summed E-state index contributed by atoms with van der Waals surface area (Å²) in [5.41, 5.74) is 3.70. The van der Waals surface area contributed by atoms with E-state index in [9.17, 15) is 18.0 Å². The highest BCUT2D eigenvalue weighted by atomic mass is 32.2. The number of hydrogen-bond donors (Lipinski definition) is 2. The van der Waals surface area contributed by atoms with Gasteiger partial charge < -0.3 is 0 Å². The van der Waals surface area contributed by atoms with E-state index < -0.39 is 16.1 Å². The van der Waals surface area contributed by atoms with Crippen molar-refractivity contribution in [2.75, 3.05) is 13.1 Å². The Labute approximate surface area is 167 Å². The van der Waals surface area contributed by atoms with Crippen LogP contribution in [-0.4, -0.2) is 41.9 Å². The predicted octanol–water partition coefficient (Wildman–Crippen LogP) is 1.03. The normalized spacial score (nSPS) is 19.6. The van der Waals surface area contributed by atoms with Gasteiger partial charge in [-0.15, -0.1) is 0 Å². The highest BCUT2D eigenvalue weighted by Gasteiger charge is 2.34. The van der Waals surface area contributed by atoms with E-state index >= 15 is 0 Å². The van der Waals surface area contributed by atoms with Crippen LogP contribution in [0.15, 0.2) is 48.5 Å². The van der Waals surface area contributed by atoms with Crippen molar-refractivity contribution in [1.29, 1.82) is 0 Å². The summed E-state index contributed by atoms with van der Waals surface area (Å²) >= 11 is 1.28. The van der Waals surface area contributed by atoms with Gasteiger partial charge in [-0.25, -0.2) is 9.03 Å². The summed E-state index contributed by atoms with van der Waals surface area (Å²) in [6.07, 6.45) is 0. The number of carbonyl (C=O) groups is 2. The first-order valence-electron chi connectivity index (χ1n) is 8.60. The van der Waals surface area contributed by atoms with Crippen LogP contribution in [-0.2, 0) is 32.9 Å². The maximum absolute atomic E-state index is 12.1. The van der Waals surface area contributed by atoms with Gasteiger partial charge >= 0.3 is 10.2 Å². The second-order valence-corrected chi connectivity index (χ2v) is 9.10. The minimum atomic E-state index is -3.79. The Morgan fingerprint density at radius 3 is 2.00 bits per heavy atom. The van der Waals surface area contributed by atoms with E-state index in [-0.39, 0.29) is 19.0 Å². The van der Waals surface area contributed by atoms with Crippen LogP contribution in [0, 0.1) is 0 Å². The van der Waals surface area contributed by atoms with Crippen LogP contribution in [0.2, 0.25) is 0 Å². The average Bonchev–Trinajstić information content (AvgIpc) is 3.17. The summed E-state index contributed by atoms with van der Waals surface area (Å²) < 4.78 is 32.0. The molecule has 2 aliphatic heterocycles. The fourth-order valence-corrected chi connectivity index (χ4v) is 5.04. The second kappa shape index (κ2) is 7.55. The summed E-state index contributed by atoms with van der Waals surface area (Å²) in [7, 11) is -3.79. The molecule has 2 aromatic carbocycles. The zero-order valence-corrected chi connectivity index (χ0v) is 16.4. The van der Waals surface area contributed by atoms with Crippen LogP contribution in [0.3, 0.4) is 0 Å². The molecule has 28 heavy (non-hydrogen) atoms. The minimum absolute atomic E-state index is 0.0284. The third-order valence-corrected chi connectivity index (χ3v) is 6.79. The molecule has 2 fully saturated rings. The summed E-state index contributed by atoms with van der Waals surface area (Å²) in [5, 5.41) is 0. The van der Waals surface area contributed by atoms with Gasteiger partial charge in [-0.2, -0.15) is 12.7 Å². The highest BCUT2D eigenvalue weighted by Crippen LogP contribution is 2.31. The first-order chi connectivity index (χ1) is 13.4. The summed E-state index contributed by atoms with van der Waals surface area (Å²) in [4.78, 5) is 23.0. The van der Waals surface area contributed by atoms with Gasteiger partial charge in [-0.1, -0.05) is 48.5 Å². The SMILES string of the molecule is O=C1CN(Cc2ccccc2-c2ccccc2CN2CC(=O)NS2(=O)=O)SN1. The van der Waals surface area contributed by atoms with Gasteiger partial charge in [-0.05, 0) is 22.3 Å². The zero-order chi connectivity index (χ0) is 19.7.